The molecule has 1 N–H and O–H groups in total. The van der Waals surface area contributed by atoms with Crippen molar-refractivity contribution in [2.45, 2.75) is 64.1 Å². The third-order valence-corrected chi connectivity index (χ3v) is 7.99. The fourth-order valence-electron chi connectivity index (χ4n) is 4.15. The van der Waals surface area contributed by atoms with E-state index in [1.807, 2.05) is 33.8 Å². The highest BCUT2D eigenvalue weighted by molar-refractivity contribution is 7.92. The van der Waals surface area contributed by atoms with Crippen molar-refractivity contribution in [1.82, 2.24) is 10.2 Å². The third kappa shape index (κ3) is 7.44. The van der Waals surface area contributed by atoms with Gasteiger partial charge < -0.3 is 10.2 Å². The molecule has 0 aromatic heterocycles. The normalized spacial score (nSPS) is 12.5. The third-order valence-electron chi connectivity index (χ3n) is 6.22. The molecule has 0 aliphatic heterocycles. The molecule has 39 heavy (non-hydrogen) atoms. The number of hydrogen-bond acceptors (Lipinski definition) is 4. The van der Waals surface area contributed by atoms with Gasteiger partial charge in [-0.1, -0.05) is 61.5 Å². The SMILES string of the molecule is CCc1ccccc1N(CC(=O)N(Cc1ccccc1F)[C@@H](C)C(=O)NC(C)(C)C)S(=O)(=O)c1ccccc1. The molecule has 3 aromatic rings. The summed E-state index contributed by atoms with van der Waals surface area (Å²) in [5.74, 6) is -1.59. The maximum atomic E-state index is 14.6. The highest BCUT2D eigenvalue weighted by atomic mass is 32.2. The van der Waals surface area contributed by atoms with Gasteiger partial charge in [-0.15, -0.1) is 0 Å². The van der Waals surface area contributed by atoms with E-state index < -0.39 is 45.8 Å². The molecule has 0 fully saturated rings. The van der Waals surface area contributed by atoms with Gasteiger partial charge in [0, 0.05) is 17.6 Å². The van der Waals surface area contributed by atoms with E-state index in [1.165, 1.54) is 35.2 Å². The van der Waals surface area contributed by atoms with Crippen LogP contribution in [0.1, 0.15) is 45.7 Å². The molecular formula is C30H36FN3O4S. The molecule has 0 bridgehead atoms. The van der Waals surface area contributed by atoms with Crippen molar-refractivity contribution in [1.29, 1.82) is 0 Å². The first-order valence-corrected chi connectivity index (χ1v) is 14.3. The van der Waals surface area contributed by atoms with Crippen molar-refractivity contribution in [2.75, 3.05) is 10.8 Å². The van der Waals surface area contributed by atoms with E-state index in [0.717, 1.165) is 9.87 Å². The average molecular weight is 554 g/mol. The Hall–Kier alpha value is -3.72. The molecule has 3 aromatic carbocycles. The van der Waals surface area contributed by atoms with E-state index >= 15 is 0 Å². The first kappa shape index (κ1) is 29.8. The van der Waals surface area contributed by atoms with Crippen LogP contribution in [0.4, 0.5) is 10.1 Å². The lowest BCUT2D eigenvalue weighted by molar-refractivity contribution is -0.140. The van der Waals surface area contributed by atoms with Gasteiger partial charge in [0.05, 0.1) is 10.6 Å². The monoisotopic (exact) mass is 553 g/mol. The van der Waals surface area contributed by atoms with E-state index in [-0.39, 0.29) is 17.0 Å². The fraction of sp³-hybridized carbons (Fsp3) is 0.333. The van der Waals surface area contributed by atoms with Gasteiger partial charge in [0.1, 0.15) is 18.4 Å². The molecule has 208 valence electrons. The summed E-state index contributed by atoms with van der Waals surface area (Å²) in [6.45, 7) is 8.12. The molecule has 0 aliphatic rings. The smallest absolute Gasteiger partial charge is 0.264 e. The minimum atomic E-state index is -4.16. The summed E-state index contributed by atoms with van der Waals surface area (Å²) in [5.41, 5.74) is 0.757. The van der Waals surface area contributed by atoms with Crippen LogP contribution in [0.5, 0.6) is 0 Å². The predicted octanol–water partition coefficient (Wildman–Crippen LogP) is 4.92. The number of nitrogens with zero attached hydrogens (tertiary/aromatic N) is 2. The summed E-state index contributed by atoms with van der Waals surface area (Å²) in [7, 11) is -4.16. The number of aryl methyl sites for hydroxylation is 1. The lowest BCUT2D eigenvalue weighted by Gasteiger charge is -2.34. The van der Waals surface area contributed by atoms with Crippen LogP contribution in [-0.4, -0.2) is 43.3 Å². The number of halogens is 1. The van der Waals surface area contributed by atoms with Crippen molar-refractivity contribution in [3.05, 3.63) is 95.8 Å². The molecule has 0 unspecified atom stereocenters. The Morgan fingerprint density at radius 1 is 0.897 bits per heavy atom. The van der Waals surface area contributed by atoms with E-state index in [9.17, 15) is 22.4 Å². The summed E-state index contributed by atoms with van der Waals surface area (Å²) >= 11 is 0. The van der Waals surface area contributed by atoms with Crippen LogP contribution in [0.2, 0.25) is 0 Å². The van der Waals surface area contributed by atoms with Crippen LogP contribution >= 0.6 is 0 Å². The zero-order valence-corrected chi connectivity index (χ0v) is 23.8. The van der Waals surface area contributed by atoms with Crippen molar-refractivity contribution < 1.29 is 22.4 Å². The van der Waals surface area contributed by atoms with E-state index in [2.05, 4.69) is 5.32 Å². The van der Waals surface area contributed by atoms with Crippen molar-refractivity contribution in [3.63, 3.8) is 0 Å². The Bertz CT molecular complexity index is 1400. The highest BCUT2D eigenvalue weighted by Crippen LogP contribution is 2.28. The molecular weight excluding hydrogens is 517 g/mol. The summed E-state index contributed by atoms with van der Waals surface area (Å²) in [4.78, 5) is 28.3. The van der Waals surface area contributed by atoms with Crippen LogP contribution < -0.4 is 9.62 Å². The second-order valence-corrected chi connectivity index (χ2v) is 12.2. The lowest BCUT2D eigenvalue weighted by Crippen LogP contribution is -2.54. The van der Waals surface area contributed by atoms with Gasteiger partial charge in [-0.25, -0.2) is 12.8 Å². The fourth-order valence-corrected chi connectivity index (χ4v) is 5.63. The van der Waals surface area contributed by atoms with Gasteiger partial charge in [0.2, 0.25) is 11.8 Å². The maximum Gasteiger partial charge on any atom is 0.264 e. The molecule has 3 rings (SSSR count). The first-order valence-electron chi connectivity index (χ1n) is 12.9. The Balaban J connectivity index is 2.08. The lowest BCUT2D eigenvalue weighted by atomic mass is 10.1. The zero-order chi connectivity index (χ0) is 28.8. The number of carbonyl (C=O) groups excluding carboxylic acids is 2. The molecule has 0 radical (unpaired) electrons. The zero-order valence-electron chi connectivity index (χ0n) is 23.0. The van der Waals surface area contributed by atoms with E-state index in [4.69, 9.17) is 0 Å². The van der Waals surface area contributed by atoms with E-state index in [0.29, 0.717) is 12.1 Å². The van der Waals surface area contributed by atoms with Gasteiger partial charge >= 0.3 is 0 Å². The number of anilines is 1. The number of carbonyl (C=O) groups is 2. The Morgan fingerprint density at radius 2 is 1.46 bits per heavy atom. The first-order chi connectivity index (χ1) is 18.3. The summed E-state index contributed by atoms with van der Waals surface area (Å²) in [6.07, 6.45) is 0.536. The maximum absolute atomic E-state index is 14.6. The summed E-state index contributed by atoms with van der Waals surface area (Å²) in [6, 6.07) is 19.9. The number of sulfonamides is 1. The molecule has 7 nitrogen and oxygen atoms in total. The van der Waals surface area contributed by atoms with Gasteiger partial charge in [0.15, 0.2) is 0 Å². The largest absolute Gasteiger partial charge is 0.350 e. The molecule has 1 atom stereocenters. The number of para-hydroxylation sites is 1. The highest BCUT2D eigenvalue weighted by Gasteiger charge is 2.34. The van der Waals surface area contributed by atoms with Gasteiger partial charge in [-0.3, -0.25) is 13.9 Å². The molecule has 0 aliphatic carbocycles. The van der Waals surface area contributed by atoms with Crippen LogP contribution in [0.15, 0.2) is 83.8 Å². The van der Waals surface area contributed by atoms with Crippen molar-refractivity contribution in [3.8, 4) is 0 Å². The quantitative estimate of drug-likeness (QED) is 0.386. The molecule has 0 spiro atoms. The average Bonchev–Trinajstić information content (AvgIpc) is 2.90. The van der Waals surface area contributed by atoms with Gasteiger partial charge in [-0.2, -0.15) is 0 Å². The van der Waals surface area contributed by atoms with Crippen LogP contribution in [-0.2, 0) is 32.6 Å². The Labute approximate surface area is 230 Å². The number of hydrogen-bond donors (Lipinski definition) is 1. The topological polar surface area (TPSA) is 86.8 Å². The number of rotatable bonds is 10. The van der Waals surface area contributed by atoms with Gasteiger partial charge in [-0.05, 0) is 63.9 Å². The van der Waals surface area contributed by atoms with E-state index in [1.54, 1.807) is 49.4 Å². The molecule has 9 heteroatoms. The molecule has 2 amide bonds. The van der Waals surface area contributed by atoms with Crippen LogP contribution in [0.25, 0.3) is 0 Å². The minimum Gasteiger partial charge on any atom is -0.350 e. The Morgan fingerprint density at radius 3 is 2.05 bits per heavy atom. The molecule has 0 saturated carbocycles. The van der Waals surface area contributed by atoms with Gasteiger partial charge in [0.25, 0.3) is 10.0 Å². The number of amides is 2. The predicted molar refractivity (Wildman–Crippen MR) is 151 cm³/mol. The minimum absolute atomic E-state index is 0.0304. The molecule has 0 saturated heterocycles. The van der Waals surface area contributed by atoms with Crippen molar-refractivity contribution in [2.24, 2.45) is 0 Å². The second-order valence-electron chi connectivity index (χ2n) is 10.3. The van der Waals surface area contributed by atoms with Crippen LogP contribution in [0.3, 0.4) is 0 Å². The second kappa shape index (κ2) is 12.4. The standard InChI is InChI=1S/C30H36FN3O4S/c1-6-23-14-11-13-19-27(23)34(39(37,38)25-16-8-7-9-17-25)21-28(35)33(20-24-15-10-12-18-26(24)31)22(2)29(36)32-30(3,4)5/h7-19,22H,6,20-21H2,1-5H3,(H,32,36)/t22-/m0/s1. The number of nitrogens with one attached hydrogen (secondary N) is 1. The van der Waals surface area contributed by atoms with Crippen molar-refractivity contribution >= 4 is 27.5 Å². The summed E-state index contributed by atoms with van der Waals surface area (Å²) < 4.78 is 43.5. The summed E-state index contributed by atoms with van der Waals surface area (Å²) in [5, 5.41) is 2.86. The van der Waals surface area contributed by atoms with Crippen LogP contribution in [0, 0.1) is 5.82 Å². The number of benzene rings is 3. The Kier molecular flexibility index (Phi) is 9.50. The molecule has 0 heterocycles.